The van der Waals surface area contributed by atoms with Crippen LogP contribution in [-0.4, -0.2) is 49.6 Å². The molecule has 1 unspecified atom stereocenters. The fourth-order valence-electron chi connectivity index (χ4n) is 4.26. The minimum absolute atomic E-state index is 0.276. The van der Waals surface area contributed by atoms with Crippen molar-refractivity contribution in [2.24, 2.45) is 4.99 Å². The van der Waals surface area contributed by atoms with Gasteiger partial charge in [-0.1, -0.05) is 30.3 Å². The van der Waals surface area contributed by atoms with Crippen molar-refractivity contribution in [3.8, 4) is 5.75 Å². The van der Waals surface area contributed by atoms with E-state index in [9.17, 15) is 0 Å². The van der Waals surface area contributed by atoms with Gasteiger partial charge in [-0.25, -0.2) is 0 Å². The Labute approximate surface area is 184 Å². The van der Waals surface area contributed by atoms with E-state index in [1.54, 1.807) is 7.11 Å². The van der Waals surface area contributed by atoms with Crippen molar-refractivity contribution in [3.05, 3.63) is 71.9 Å². The van der Waals surface area contributed by atoms with Crippen LogP contribution in [0.4, 0.5) is 0 Å². The summed E-state index contributed by atoms with van der Waals surface area (Å²) in [7, 11) is 3.53. The van der Waals surface area contributed by atoms with E-state index in [4.69, 9.17) is 4.74 Å². The first-order valence-corrected chi connectivity index (χ1v) is 10.9. The number of hydrogen-bond donors (Lipinski definition) is 2. The molecule has 1 saturated heterocycles. The molecule has 0 radical (unpaired) electrons. The summed E-state index contributed by atoms with van der Waals surface area (Å²) in [6.07, 6.45) is 4.37. The van der Waals surface area contributed by atoms with Crippen molar-refractivity contribution in [2.75, 3.05) is 33.8 Å². The van der Waals surface area contributed by atoms with E-state index in [-0.39, 0.29) is 6.04 Å². The highest BCUT2D eigenvalue weighted by atomic mass is 16.5. The maximum Gasteiger partial charge on any atom is 0.191 e. The molecule has 0 aliphatic carbocycles. The van der Waals surface area contributed by atoms with Gasteiger partial charge >= 0.3 is 0 Å². The number of guanidine groups is 1. The second kappa shape index (κ2) is 10.3. The lowest BCUT2D eigenvalue weighted by molar-refractivity contribution is 0.245. The van der Waals surface area contributed by atoms with E-state index in [0.29, 0.717) is 6.54 Å². The van der Waals surface area contributed by atoms with E-state index in [1.165, 1.54) is 29.4 Å². The average molecular weight is 418 g/mol. The summed E-state index contributed by atoms with van der Waals surface area (Å²) < 4.78 is 5.46. The Bertz CT molecular complexity index is 1020. The van der Waals surface area contributed by atoms with Gasteiger partial charge in [0.25, 0.3) is 0 Å². The molecule has 1 aliphatic rings. The molecule has 4 rings (SSSR count). The highest BCUT2D eigenvalue weighted by molar-refractivity contribution is 5.83. The average Bonchev–Trinajstić information content (AvgIpc) is 3.36. The summed E-state index contributed by atoms with van der Waals surface area (Å²) in [5, 5.41) is 8.17. The molecule has 6 heteroatoms. The number of aliphatic imine (C=N–C) groups is 1. The zero-order valence-electron chi connectivity index (χ0n) is 18.3. The van der Waals surface area contributed by atoms with Crippen molar-refractivity contribution in [3.63, 3.8) is 0 Å². The molecule has 2 heterocycles. The second-order valence-corrected chi connectivity index (χ2v) is 7.83. The third kappa shape index (κ3) is 5.14. The molecule has 31 heavy (non-hydrogen) atoms. The highest BCUT2D eigenvalue weighted by Gasteiger charge is 2.24. The second-order valence-electron chi connectivity index (χ2n) is 7.83. The van der Waals surface area contributed by atoms with E-state index >= 15 is 0 Å². The van der Waals surface area contributed by atoms with Crippen LogP contribution >= 0.6 is 0 Å². The van der Waals surface area contributed by atoms with Gasteiger partial charge in [0.05, 0.1) is 18.7 Å². The molecule has 162 valence electrons. The Balaban J connectivity index is 1.44. The van der Waals surface area contributed by atoms with Crippen LogP contribution in [0.2, 0.25) is 0 Å². The standard InChI is InChI=1S/C25H31N5O/c1-26-25(28-17-20-12-13-27-23-11-4-3-10-22(20)23)29-18-24(30-14-5-6-15-30)19-8-7-9-21(16-19)31-2/h3-4,7-13,16,24H,5-6,14-15,17-18H2,1-2H3,(H2,26,28,29). The van der Waals surface area contributed by atoms with Gasteiger partial charge in [-0.3, -0.25) is 14.9 Å². The molecule has 0 bridgehead atoms. The summed E-state index contributed by atoms with van der Waals surface area (Å²) >= 11 is 0. The van der Waals surface area contributed by atoms with E-state index in [0.717, 1.165) is 36.9 Å². The van der Waals surface area contributed by atoms with Gasteiger partial charge in [-0.2, -0.15) is 0 Å². The molecule has 0 spiro atoms. The van der Waals surface area contributed by atoms with Gasteiger partial charge in [-0.05, 0) is 61.3 Å². The van der Waals surface area contributed by atoms with Crippen molar-refractivity contribution in [1.82, 2.24) is 20.5 Å². The monoisotopic (exact) mass is 417 g/mol. The van der Waals surface area contributed by atoms with Crippen LogP contribution in [0.25, 0.3) is 10.9 Å². The fraction of sp³-hybridized carbons (Fsp3) is 0.360. The maximum atomic E-state index is 5.46. The quantitative estimate of drug-likeness (QED) is 0.453. The minimum Gasteiger partial charge on any atom is -0.497 e. The molecule has 1 atom stereocenters. The predicted molar refractivity (Wildman–Crippen MR) is 126 cm³/mol. The van der Waals surface area contributed by atoms with Crippen LogP contribution in [0.1, 0.15) is 30.0 Å². The SMILES string of the molecule is CN=C(NCc1ccnc2ccccc12)NCC(c1cccc(OC)c1)N1CCCC1. The van der Waals surface area contributed by atoms with Gasteiger partial charge in [0.1, 0.15) is 5.75 Å². The normalized spacial score (nSPS) is 15.7. The Morgan fingerprint density at radius 2 is 1.94 bits per heavy atom. The first-order valence-electron chi connectivity index (χ1n) is 10.9. The number of ether oxygens (including phenoxy) is 1. The molecule has 1 aliphatic heterocycles. The first-order chi connectivity index (χ1) is 15.3. The van der Waals surface area contributed by atoms with Crippen LogP contribution in [0.15, 0.2) is 65.8 Å². The molecular weight excluding hydrogens is 386 g/mol. The lowest BCUT2D eigenvalue weighted by atomic mass is 10.1. The van der Waals surface area contributed by atoms with Gasteiger partial charge in [0.2, 0.25) is 0 Å². The molecular formula is C25H31N5O. The van der Waals surface area contributed by atoms with Crippen LogP contribution in [0, 0.1) is 0 Å². The predicted octanol–water partition coefficient (Wildman–Crippen LogP) is 3.75. The minimum atomic E-state index is 0.276. The van der Waals surface area contributed by atoms with Crippen LogP contribution in [0.5, 0.6) is 5.75 Å². The summed E-state index contributed by atoms with van der Waals surface area (Å²) in [5.41, 5.74) is 3.48. The summed E-state index contributed by atoms with van der Waals surface area (Å²) in [6, 6.07) is 19.0. The fourth-order valence-corrected chi connectivity index (χ4v) is 4.26. The van der Waals surface area contributed by atoms with Crippen molar-refractivity contribution in [2.45, 2.75) is 25.4 Å². The third-order valence-electron chi connectivity index (χ3n) is 5.93. The highest BCUT2D eigenvalue weighted by Crippen LogP contribution is 2.27. The largest absolute Gasteiger partial charge is 0.497 e. The smallest absolute Gasteiger partial charge is 0.191 e. The molecule has 2 aromatic carbocycles. The number of fused-ring (bicyclic) bond motifs is 1. The van der Waals surface area contributed by atoms with Gasteiger partial charge in [0.15, 0.2) is 5.96 Å². The number of rotatable bonds is 7. The van der Waals surface area contributed by atoms with Crippen molar-refractivity contribution in [1.29, 1.82) is 0 Å². The first kappa shape index (κ1) is 21.1. The molecule has 1 aromatic heterocycles. The summed E-state index contributed by atoms with van der Waals surface area (Å²) in [4.78, 5) is 11.4. The number of para-hydroxylation sites is 1. The number of aromatic nitrogens is 1. The Kier molecular flexibility index (Phi) is 6.99. The number of likely N-dealkylation sites (tertiary alicyclic amines) is 1. The molecule has 1 fully saturated rings. The molecule has 2 N–H and O–H groups in total. The Morgan fingerprint density at radius 3 is 2.74 bits per heavy atom. The number of pyridine rings is 1. The molecule has 0 amide bonds. The van der Waals surface area contributed by atoms with Crippen LogP contribution in [-0.2, 0) is 6.54 Å². The van der Waals surface area contributed by atoms with E-state index in [2.05, 4.69) is 61.9 Å². The molecule has 0 saturated carbocycles. The summed E-state index contributed by atoms with van der Waals surface area (Å²) in [6.45, 7) is 3.72. The maximum absolute atomic E-state index is 5.46. The van der Waals surface area contributed by atoms with Crippen LogP contribution in [0.3, 0.4) is 0 Å². The zero-order valence-corrected chi connectivity index (χ0v) is 18.3. The number of methoxy groups -OCH3 is 1. The lowest BCUT2D eigenvalue weighted by Gasteiger charge is -2.29. The summed E-state index contributed by atoms with van der Waals surface area (Å²) in [5.74, 6) is 1.70. The van der Waals surface area contributed by atoms with Gasteiger partial charge < -0.3 is 15.4 Å². The van der Waals surface area contributed by atoms with Crippen LogP contribution < -0.4 is 15.4 Å². The van der Waals surface area contributed by atoms with E-state index < -0.39 is 0 Å². The number of benzene rings is 2. The number of nitrogens with one attached hydrogen (secondary N) is 2. The third-order valence-corrected chi connectivity index (χ3v) is 5.93. The Morgan fingerprint density at radius 1 is 1.10 bits per heavy atom. The van der Waals surface area contributed by atoms with Gasteiger partial charge in [0, 0.05) is 31.7 Å². The zero-order chi connectivity index (χ0) is 21.5. The molecule has 3 aromatic rings. The van der Waals surface area contributed by atoms with Crippen molar-refractivity contribution >= 4 is 16.9 Å². The van der Waals surface area contributed by atoms with E-state index in [1.807, 2.05) is 31.4 Å². The topological polar surface area (TPSA) is 61.8 Å². The Hall–Kier alpha value is -3.12. The van der Waals surface area contributed by atoms with Gasteiger partial charge in [-0.15, -0.1) is 0 Å². The number of hydrogen-bond acceptors (Lipinski definition) is 4. The number of nitrogens with zero attached hydrogens (tertiary/aromatic N) is 3. The lowest BCUT2D eigenvalue weighted by Crippen LogP contribution is -2.42. The molecule has 6 nitrogen and oxygen atoms in total. The van der Waals surface area contributed by atoms with Crippen molar-refractivity contribution < 1.29 is 4.74 Å².